The number of hydrogen-bond donors (Lipinski definition) is 4. The van der Waals surface area contributed by atoms with E-state index in [4.69, 9.17) is 19.6 Å². The molecule has 16 heavy (non-hydrogen) atoms. The van der Waals surface area contributed by atoms with Gasteiger partial charge < -0.3 is 28.6 Å². The molecule has 0 unspecified atom stereocenters. The molecule has 0 fully saturated rings. The molecule has 1 aromatic rings. The molecule has 90 valence electrons. The summed E-state index contributed by atoms with van der Waals surface area (Å²) >= 11 is 0. The first kappa shape index (κ1) is 13.9. The van der Waals surface area contributed by atoms with Gasteiger partial charge in [0.05, 0.1) is 13.2 Å². The molecule has 0 heterocycles. The van der Waals surface area contributed by atoms with E-state index in [0.717, 1.165) is 11.1 Å². The van der Waals surface area contributed by atoms with Crippen molar-refractivity contribution in [2.45, 2.75) is 13.2 Å². The zero-order valence-electron chi connectivity index (χ0n) is 8.22. The normalized spacial score (nSPS) is 11.4. The van der Waals surface area contributed by atoms with E-state index < -0.39 is 17.2 Å². The summed E-state index contributed by atoms with van der Waals surface area (Å²) in [7, 11) is -4.72. The Labute approximate surface area is 95.1 Å². The van der Waals surface area contributed by atoms with E-state index in [-0.39, 0.29) is 13.2 Å². The predicted molar refractivity (Wildman–Crippen MR) is 58.7 cm³/mol. The highest BCUT2D eigenvalue weighted by molar-refractivity contribution is 7.39. The van der Waals surface area contributed by atoms with Crippen LogP contribution in [-0.4, -0.2) is 19.6 Å². The maximum absolute atomic E-state index is 8.57. The van der Waals surface area contributed by atoms with Crippen LogP contribution >= 0.6 is 17.2 Å². The molecule has 0 saturated heterocycles. The van der Waals surface area contributed by atoms with Gasteiger partial charge in [0.25, 0.3) is 0 Å². The van der Waals surface area contributed by atoms with E-state index in [2.05, 4.69) is 9.05 Å². The van der Waals surface area contributed by atoms with Crippen molar-refractivity contribution in [3.63, 3.8) is 0 Å². The molecule has 6 nitrogen and oxygen atoms in total. The number of hydrogen-bond acceptors (Lipinski definition) is 6. The second-order valence-electron chi connectivity index (χ2n) is 2.87. The van der Waals surface area contributed by atoms with E-state index in [9.17, 15) is 0 Å². The standard InChI is InChI=1S/C8H12O6P2/c9-15(10)13-5-7-2-1-3-8(4-7)6-14-16(11)12/h1-4,9-12H,5-6H2. The van der Waals surface area contributed by atoms with Gasteiger partial charge >= 0.3 is 17.2 Å². The van der Waals surface area contributed by atoms with Crippen LogP contribution in [0.5, 0.6) is 0 Å². The van der Waals surface area contributed by atoms with Crippen molar-refractivity contribution in [2.24, 2.45) is 0 Å². The Kier molecular flexibility index (Phi) is 6.28. The summed E-state index contributed by atoms with van der Waals surface area (Å²) in [5.41, 5.74) is 1.49. The molecule has 0 spiro atoms. The van der Waals surface area contributed by atoms with Gasteiger partial charge in [-0.2, -0.15) is 0 Å². The molecule has 1 aromatic carbocycles. The first-order valence-electron chi connectivity index (χ1n) is 4.27. The Morgan fingerprint density at radius 1 is 0.875 bits per heavy atom. The van der Waals surface area contributed by atoms with Crippen LogP contribution in [0.25, 0.3) is 0 Å². The molecule has 0 radical (unpaired) electrons. The third-order valence-corrected chi connectivity index (χ3v) is 2.40. The zero-order valence-corrected chi connectivity index (χ0v) is 10.0. The largest absolute Gasteiger partial charge is 0.328 e. The molecule has 0 aliphatic carbocycles. The summed E-state index contributed by atoms with van der Waals surface area (Å²) in [5, 5.41) is 0. The summed E-state index contributed by atoms with van der Waals surface area (Å²) in [6.07, 6.45) is 0. The van der Waals surface area contributed by atoms with Crippen molar-refractivity contribution < 1.29 is 28.6 Å². The third kappa shape index (κ3) is 5.80. The van der Waals surface area contributed by atoms with E-state index in [1.807, 2.05) is 0 Å². The lowest BCUT2D eigenvalue weighted by Crippen LogP contribution is -1.92. The van der Waals surface area contributed by atoms with Gasteiger partial charge in [0, 0.05) is 0 Å². The monoisotopic (exact) mass is 266 g/mol. The van der Waals surface area contributed by atoms with Crippen LogP contribution in [-0.2, 0) is 22.3 Å². The van der Waals surface area contributed by atoms with E-state index in [1.165, 1.54) is 0 Å². The van der Waals surface area contributed by atoms with Gasteiger partial charge in [-0.1, -0.05) is 24.3 Å². The summed E-state index contributed by atoms with van der Waals surface area (Å²) in [6.45, 7) is 0.166. The molecule has 8 heteroatoms. The highest BCUT2D eigenvalue weighted by Crippen LogP contribution is 2.28. The second-order valence-corrected chi connectivity index (χ2v) is 4.40. The molecular formula is C8H12O6P2. The molecule has 4 N–H and O–H groups in total. The summed E-state index contributed by atoms with van der Waals surface area (Å²) in [6, 6.07) is 6.97. The lowest BCUT2D eigenvalue weighted by atomic mass is 10.1. The Hall–Kier alpha value is -0.160. The van der Waals surface area contributed by atoms with Crippen LogP contribution in [0, 0.1) is 0 Å². The maximum Gasteiger partial charge on any atom is 0.327 e. The molecule has 0 aliphatic rings. The molecule has 1 rings (SSSR count). The van der Waals surface area contributed by atoms with Crippen molar-refractivity contribution in [1.82, 2.24) is 0 Å². The van der Waals surface area contributed by atoms with Crippen LogP contribution in [0.1, 0.15) is 11.1 Å². The Bertz CT molecular complexity index is 292. The summed E-state index contributed by atoms with van der Waals surface area (Å²) in [5.74, 6) is 0. The van der Waals surface area contributed by atoms with E-state index in [1.54, 1.807) is 24.3 Å². The van der Waals surface area contributed by atoms with Gasteiger partial charge in [-0.25, -0.2) is 0 Å². The van der Waals surface area contributed by atoms with Crippen LogP contribution in [0.2, 0.25) is 0 Å². The van der Waals surface area contributed by atoms with Gasteiger partial charge in [-0.3, -0.25) is 0 Å². The van der Waals surface area contributed by atoms with Crippen LogP contribution in [0.3, 0.4) is 0 Å². The van der Waals surface area contributed by atoms with Crippen molar-refractivity contribution in [2.75, 3.05) is 0 Å². The van der Waals surface area contributed by atoms with Crippen molar-refractivity contribution >= 4 is 17.2 Å². The fraction of sp³-hybridized carbons (Fsp3) is 0.250. The third-order valence-electron chi connectivity index (χ3n) is 1.68. The SMILES string of the molecule is OP(O)OCc1cccc(COP(O)O)c1. The smallest absolute Gasteiger partial charge is 0.327 e. The van der Waals surface area contributed by atoms with Crippen molar-refractivity contribution in [3.8, 4) is 0 Å². The molecule has 0 aromatic heterocycles. The minimum atomic E-state index is -2.36. The first-order valence-corrected chi connectivity index (χ1v) is 6.60. The Morgan fingerprint density at radius 2 is 1.31 bits per heavy atom. The number of benzene rings is 1. The molecule has 0 saturated carbocycles. The fourth-order valence-corrected chi connectivity index (χ4v) is 1.60. The predicted octanol–water partition coefficient (Wildman–Crippen LogP) is 1.14. The molecule has 0 aliphatic heterocycles. The minimum Gasteiger partial charge on any atom is -0.328 e. The topological polar surface area (TPSA) is 99.4 Å². The van der Waals surface area contributed by atoms with Crippen molar-refractivity contribution in [3.05, 3.63) is 35.4 Å². The van der Waals surface area contributed by atoms with Gasteiger partial charge in [0.1, 0.15) is 0 Å². The molecular weight excluding hydrogens is 254 g/mol. The maximum atomic E-state index is 8.57. The lowest BCUT2D eigenvalue weighted by Gasteiger charge is -2.07. The Morgan fingerprint density at radius 3 is 1.69 bits per heavy atom. The Balaban J connectivity index is 2.50. The quantitative estimate of drug-likeness (QED) is 0.576. The fourth-order valence-electron chi connectivity index (χ4n) is 1.07. The second kappa shape index (κ2) is 7.22. The minimum absolute atomic E-state index is 0.0829. The molecule has 0 bridgehead atoms. The van der Waals surface area contributed by atoms with Crippen LogP contribution in [0.15, 0.2) is 24.3 Å². The van der Waals surface area contributed by atoms with Gasteiger partial charge in [0.2, 0.25) is 0 Å². The van der Waals surface area contributed by atoms with Crippen molar-refractivity contribution in [1.29, 1.82) is 0 Å². The molecule has 0 amide bonds. The van der Waals surface area contributed by atoms with E-state index >= 15 is 0 Å². The van der Waals surface area contributed by atoms with Crippen LogP contribution < -0.4 is 0 Å². The first-order chi connectivity index (χ1) is 7.58. The highest BCUT2D eigenvalue weighted by Gasteiger charge is 2.03. The zero-order chi connectivity index (χ0) is 12.0. The lowest BCUT2D eigenvalue weighted by molar-refractivity contribution is 0.242. The van der Waals surface area contributed by atoms with Gasteiger partial charge in [-0.15, -0.1) is 0 Å². The average molecular weight is 266 g/mol. The van der Waals surface area contributed by atoms with Gasteiger partial charge in [-0.05, 0) is 11.1 Å². The van der Waals surface area contributed by atoms with Gasteiger partial charge in [0.15, 0.2) is 0 Å². The van der Waals surface area contributed by atoms with Crippen LogP contribution in [0.4, 0.5) is 0 Å². The average Bonchev–Trinajstić information content (AvgIpc) is 2.24. The number of rotatable bonds is 6. The summed E-state index contributed by atoms with van der Waals surface area (Å²) < 4.78 is 9.30. The molecule has 0 atom stereocenters. The summed E-state index contributed by atoms with van der Waals surface area (Å²) in [4.78, 5) is 34.3. The highest BCUT2D eigenvalue weighted by atomic mass is 31.2. The van der Waals surface area contributed by atoms with E-state index in [0.29, 0.717) is 0 Å².